The summed E-state index contributed by atoms with van der Waals surface area (Å²) in [6.45, 7) is 11.0. The molecule has 0 radical (unpaired) electrons. The van der Waals surface area contributed by atoms with Gasteiger partial charge in [0.25, 0.3) is 0 Å². The largest absolute Gasteiger partial charge is 0.439 e. The van der Waals surface area contributed by atoms with Crippen LogP contribution in [0.4, 0.5) is 8.78 Å². The molecule has 0 aliphatic carbocycles. The fourth-order valence-corrected chi connectivity index (χ4v) is 3.47. The van der Waals surface area contributed by atoms with Gasteiger partial charge < -0.3 is 14.6 Å². The minimum Gasteiger partial charge on any atom is -0.439 e. The summed E-state index contributed by atoms with van der Waals surface area (Å²) in [5.41, 5.74) is 2.16. The fourth-order valence-electron chi connectivity index (χ4n) is 3.47. The van der Waals surface area contributed by atoms with Crippen LogP contribution in [-0.2, 0) is 11.3 Å². The van der Waals surface area contributed by atoms with Crippen molar-refractivity contribution in [2.75, 3.05) is 19.8 Å². The van der Waals surface area contributed by atoms with Gasteiger partial charge in [0.1, 0.15) is 17.4 Å². The van der Waals surface area contributed by atoms with E-state index in [-0.39, 0.29) is 24.3 Å². The van der Waals surface area contributed by atoms with E-state index in [1.807, 2.05) is 20.8 Å². The van der Waals surface area contributed by atoms with E-state index in [1.165, 1.54) is 36.4 Å². The van der Waals surface area contributed by atoms with E-state index in [1.54, 1.807) is 22.9 Å². The second-order valence-electron chi connectivity index (χ2n) is 8.32. The number of ether oxygens (including phenoxy) is 2. The average Bonchev–Trinajstić information content (AvgIpc) is 3.10. The maximum Gasteiger partial charge on any atom is 0.227 e. The highest BCUT2D eigenvalue weighted by atomic mass is 19.1. The van der Waals surface area contributed by atoms with E-state index >= 15 is 0 Å². The quantitative estimate of drug-likeness (QED) is 0.297. The first-order valence-electron chi connectivity index (χ1n) is 11.2. The van der Waals surface area contributed by atoms with Gasteiger partial charge in [0.15, 0.2) is 0 Å². The Kier molecular flexibility index (Phi) is 8.92. The van der Waals surface area contributed by atoms with Crippen molar-refractivity contribution < 1.29 is 23.4 Å². The number of nitrogens with zero attached hydrogens (tertiary/aromatic N) is 3. The van der Waals surface area contributed by atoms with Crippen molar-refractivity contribution in [3.8, 4) is 17.3 Å². The number of hydrogen-bond donors (Lipinski definition) is 1. The van der Waals surface area contributed by atoms with Crippen molar-refractivity contribution in [2.45, 2.75) is 39.5 Å². The Hall–Kier alpha value is -3.07. The number of hydrogen-bond acceptors (Lipinski definition) is 5. The summed E-state index contributed by atoms with van der Waals surface area (Å²) in [5.74, 6) is 0.167. The Morgan fingerprint density at radius 3 is 2.29 bits per heavy atom. The lowest BCUT2D eigenvalue weighted by atomic mass is 10.2. The number of aliphatic hydroxyl groups excluding tert-OH is 1. The first kappa shape index (κ1) is 25.6. The van der Waals surface area contributed by atoms with Crippen molar-refractivity contribution >= 4 is 0 Å². The van der Waals surface area contributed by atoms with Gasteiger partial charge in [-0.15, -0.1) is 6.58 Å². The Bertz CT molecular complexity index is 1070. The summed E-state index contributed by atoms with van der Waals surface area (Å²) >= 11 is 0. The van der Waals surface area contributed by atoms with Crippen molar-refractivity contribution in [2.24, 2.45) is 0 Å². The maximum absolute atomic E-state index is 13.5. The topological polar surface area (TPSA) is 59.8 Å². The molecule has 1 heterocycles. The van der Waals surface area contributed by atoms with Crippen LogP contribution in [0.15, 0.2) is 61.2 Å². The second kappa shape index (κ2) is 11.9. The predicted molar refractivity (Wildman–Crippen MR) is 127 cm³/mol. The molecule has 182 valence electrons. The van der Waals surface area contributed by atoms with Gasteiger partial charge in [0, 0.05) is 19.1 Å². The number of halogens is 2. The number of aliphatic hydroxyl groups is 1. The Morgan fingerprint density at radius 1 is 1.09 bits per heavy atom. The molecule has 0 saturated heterocycles. The normalized spacial score (nSPS) is 12.4. The summed E-state index contributed by atoms with van der Waals surface area (Å²) in [7, 11) is 0. The van der Waals surface area contributed by atoms with Gasteiger partial charge in [-0.1, -0.05) is 6.08 Å². The summed E-state index contributed by atoms with van der Waals surface area (Å²) in [5, 5.41) is 15.1. The van der Waals surface area contributed by atoms with Gasteiger partial charge in [-0.3, -0.25) is 4.90 Å². The Morgan fingerprint density at radius 2 is 1.71 bits per heavy atom. The summed E-state index contributed by atoms with van der Waals surface area (Å²) in [6.07, 6.45) is 0.954. The molecule has 1 N–H and O–H groups in total. The predicted octanol–water partition coefficient (Wildman–Crippen LogP) is 5.03. The van der Waals surface area contributed by atoms with Gasteiger partial charge in [-0.25, -0.2) is 13.5 Å². The second-order valence-corrected chi connectivity index (χ2v) is 8.32. The Balaban J connectivity index is 1.94. The van der Waals surface area contributed by atoms with Crippen molar-refractivity contribution in [3.05, 3.63) is 84.1 Å². The van der Waals surface area contributed by atoms with Crippen LogP contribution in [0.25, 0.3) is 5.69 Å². The van der Waals surface area contributed by atoms with Gasteiger partial charge in [0.05, 0.1) is 36.3 Å². The third-order valence-corrected chi connectivity index (χ3v) is 5.32. The first-order valence-corrected chi connectivity index (χ1v) is 11.2. The number of benzene rings is 2. The van der Waals surface area contributed by atoms with Crippen LogP contribution >= 0.6 is 0 Å². The van der Waals surface area contributed by atoms with E-state index in [2.05, 4.69) is 16.6 Å². The molecule has 0 saturated carbocycles. The molecule has 6 nitrogen and oxygen atoms in total. The Labute approximate surface area is 199 Å². The van der Waals surface area contributed by atoms with Crippen LogP contribution in [0.3, 0.4) is 0 Å². The third kappa shape index (κ3) is 6.72. The molecule has 1 atom stereocenters. The van der Waals surface area contributed by atoms with Crippen molar-refractivity contribution in [3.63, 3.8) is 0 Å². The van der Waals surface area contributed by atoms with Gasteiger partial charge in [-0.05, 0) is 69.3 Å². The zero-order chi connectivity index (χ0) is 24.7. The first-order chi connectivity index (χ1) is 16.3. The average molecular weight is 472 g/mol. The molecule has 3 aromatic rings. The highest BCUT2D eigenvalue weighted by molar-refractivity contribution is 5.43. The van der Waals surface area contributed by atoms with Crippen LogP contribution in [-0.4, -0.2) is 51.7 Å². The van der Waals surface area contributed by atoms with E-state index in [4.69, 9.17) is 9.47 Å². The van der Waals surface area contributed by atoms with Crippen LogP contribution in [0.5, 0.6) is 11.6 Å². The minimum atomic E-state index is -0.684. The van der Waals surface area contributed by atoms with E-state index in [0.717, 1.165) is 11.3 Å². The van der Waals surface area contributed by atoms with E-state index < -0.39 is 6.10 Å². The third-order valence-electron chi connectivity index (χ3n) is 5.32. The molecule has 0 fully saturated rings. The molecule has 0 bridgehead atoms. The van der Waals surface area contributed by atoms with Gasteiger partial charge in [-0.2, -0.15) is 5.10 Å². The van der Waals surface area contributed by atoms with Crippen molar-refractivity contribution in [1.29, 1.82) is 0 Å². The SMILES string of the molecule is C=CCOC[C@H](O)CN(Cc1c(C)nn(-c2ccc(F)cc2)c1Oc1ccc(F)cc1)C(C)C. The summed E-state index contributed by atoms with van der Waals surface area (Å²) < 4.78 is 40.1. The molecule has 0 spiro atoms. The van der Waals surface area contributed by atoms with E-state index in [0.29, 0.717) is 37.0 Å². The van der Waals surface area contributed by atoms with Crippen molar-refractivity contribution in [1.82, 2.24) is 14.7 Å². The van der Waals surface area contributed by atoms with Crippen LogP contribution < -0.4 is 4.74 Å². The monoisotopic (exact) mass is 471 g/mol. The molecule has 0 unspecified atom stereocenters. The standard InChI is InChI=1S/C26H31F2N3O3/c1-5-14-33-17-23(32)15-30(18(2)3)16-25-19(4)29-31(22-10-6-20(27)7-11-22)26(25)34-24-12-8-21(28)9-13-24/h5-13,18,23,32H,1,14-17H2,2-4H3/t23-/m1/s1. The molecular formula is C26H31F2N3O3. The van der Waals surface area contributed by atoms with E-state index in [9.17, 15) is 13.9 Å². The highest BCUT2D eigenvalue weighted by Crippen LogP contribution is 2.32. The van der Waals surface area contributed by atoms with Gasteiger partial charge in [0.2, 0.25) is 5.88 Å². The summed E-state index contributed by atoms with van der Waals surface area (Å²) in [6, 6.07) is 11.8. The summed E-state index contributed by atoms with van der Waals surface area (Å²) in [4.78, 5) is 2.10. The number of aromatic nitrogens is 2. The highest BCUT2D eigenvalue weighted by Gasteiger charge is 2.24. The molecule has 1 aromatic heterocycles. The number of rotatable bonds is 12. The molecule has 3 rings (SSSR count). The fraction of sp³-hybridized carbons (Fsp3) is 0.346. The maximum atomic E-state index is 13.5. The zero-order valence-corrected chi connectivity index (χ0v) is 19.7. The number of aryl methyl sites for hydroxylation is 1. The molecule has 0 amide bonds. The lowest BCUT2D eigenvalue weighted by Crippen LogP contribution is -2.39. The lowest BCUT2D eigenvalue weighted by Gasteiger charge is -2.29. The van der Waals surface area contributed by atoms with Crippen LogP contribution in [0, 0.1) is 18.6 Å². The lowest BCUT2D eigenvalue weighted by molar-refractivity contribution is 0.0177. The molecular weight excluding hydrogens is 440 g/mol. The smallest absolute Gasteiger partial charge is 0.227 e. The molecule has 2 aromatic carbocycles. The van der Waals surface area contributed by atoms with Crippen LogP contribution in [0.1, 0.15) is 25.1 Å². The molecule has 8 heteroatoms. The van der Waals surface area contributed by atoms with Gasteiger partial charge >= 0.3 is 0 Å². The van der Waals surface area contributed by atoms with Crippen LogP contribution in [0.2, 0.25) is 0 Å². The molecule has 34 heavy (non-hydrogen) atoms. The molecule has 0 aliphatic rings. The molecule has 0 aliphatic heterocycles. The minimum absolute atomic E-state index is 0.112. The zero-order valence-electron chi connectivity index (χ0n) is 19.7.